The molecule has 0 fully saturated rings. The molecule has 0 amide bonds. The van der Waals surface area contributed by atoms with Gasteiger partial charge in [-0.1, -0.05) is 5.92 Å². The molecule has 0 aliphatic heterocycles. The minimum atomic E-state index is -0.227. The number of rotatable bonds is 2. The van der Waals surface area contributed by atoms with Gasteiger partial charge in [0, 0.05) is 7.11 Å². The van der Waals surface area contributed by atoms with E-state index in [0.717, 1.165) is 0 Å². The van der Waals surface area contributed by atoms with Crippen LogP contribution in [0.25, 0.3) is 0 Å². The van der Waals surface area contributed by atoms with E-state index in [1.54, 1.807) is 13.7 Å². The highest BCUT2D eigenvalue weighted by Crippen LogP contribution is 2.16. The third-order valence-corrected chi connectivity index (χ3v) is 0.784. The molecule has 0 saturated carbocycles. The number of hydrogen-bond donors (Lipinski definition) is 0. The Morgan fingerprint density at radius 3 is 2.25 bits per heavy atom. The second-order valence-corrected chi connectivity index (χ2v) is 2.22. The van der Waals surface area contributed by atoms with Crippen LogP contribution in [0.1, 0.15) is 13.8 Å². The highest BCUT2D eigenvalue weighted by atomic mass is 16.5. The van der Waals surface area contributed by atoms with Crippen molar-refractivity contribution in [2.45, 2.75) is 13.8 Å². The zero-order valence-electron chi connectivity index (χ0n) is 5.56. The van der Waals surface area contributed by atoms with Crippen LogP contribution in [0.2, 0.25) is 0 Å². The van der Waals surface area contributed by atoms with Crippen LogP contribution in [-0.4, -0.2) is 7.11 Å². The molecule has 1 heteroatoms. The van der Waals surface area contributed by atoms with Crippen LogP contribution in [0.3, 0.4) is 0 Å². The molecule has 8 heavy (non-hydrogen) atoms. The van der Waals surface area contributed by atoms with Gasteiger partial charge in [0.05, 0.1) is 5.41 Å². The molecule has 0 aliphatic rings. The highest BCUT2D eigenvalue weighted by molar-refractivity contribution is 5.04. The summed E-state index contributed by atoms with van der Waals surface area (Å²) in [6.07, 6.45) is 5.13. The molecule has 0 atom stereocenters. The molecule has 0 heterocycles. The van der Waals surface area contributed by atoms with E-state index in [0.29, 0.717) is 0 Å². The van der Waals surface area contributed by atoms with E-state index >= 15 is 0 Å². The third kappa shape index (κ3) is 2.65. The predicted molar refractivity (Wildman–Crippen MR) is 33.9 cm³/mol. The van der Waals surface area contributed by atoms with Crippen molar-refractivity contribution in [1.82, 2.24) is 0 Å². The van der Waals surface area contributed by atoms with E-state index in [1.165, 1.54) is 0 Å². The Morgan fingerprint density at radius 1 is 1.62 bits per heavy atom. The highest BCUT2D eigenvalue weighted by Gasteiger charge is 2.12. The monoisotopic (exact) mass is 111 g/mol. The molecule has 0 aromatic heterocycles. The van der Waals surface area contributed by atoms with Crippen molar-refractivity contribution in [3.05, 3.63) is 6.61 Å². The molecule has 0 aromatic rings. The Balaban J connectivity index is 3.59. The van der Waals surface area contributed by atoms with Crippen molar-refractivity contribution in [3.63, 3.8) is 0 Å². The molecule has 0 bridgehead atoms. The lowest BCUT2D eigenvalue weighted by Gasteiger charge is -2.13. The van der Waals surface area contributed by atoms with Gasteiger partial charge in [0.2, 0.25) is 0 Å². The Morgan fingerprint density at radius 2 is 2.12 bits per heavy atom. The average molecular weight is 111 g/mol. The van der Waals surface area contributed by atoms with Crippen LogP contribution in [0, 0.1) is 24.4 Å². The Labute approximate surface area is 51.0 Å². The first kappa shape index (κ1) is 7.52. The van der Waals surface area contributed by atoms with E-state index in [-0.39, 0.29) is 5.41 Å². The maximum absolute atomic E-state index is 5.13. The van der Waals surface area contributed by atoms with Crippen LogP contribution in [0.15, 0.2) is 0 Å². The topological polar surface area (TPSA) is 9.23 Å². The van der Waals surface area contributed by atoms with Crippen LogP contribution in [-0.2, 0) is 4.74 Å². The van der Waals surface area contributed by atoms with Gasteiger partial charge in [-0.3, -0.25) is 0 Å². The minimum Gasteiger partial charge on any atom is -0.377 e. The SMILES string of the molecule is C#CC(C)(C)[CH]OC. The number of ether oxygens (including phenoxy) is 1. The summed E-state index contributed by atoms with van der Waals surface area (Å²) < 4.78 is 4.73. The Bertz CT molecular complexity index is 97.4. The molecule has 1 radical (unpaired) electrons. The summed E-state index contributed by atoms with van der Waals surface area (Å²) in [4.78, 5) is 0. The van der Waals surface area contributed by atoms with E-state index in [9.17, 15) is 0 Å². The fourth-order valence-corrected chi connectivity index (χ4v) is 0.329. The summed E-state index contributed by atoms with van der Waals surface area (Å²) >= 11 is 0. The fourth-order valence-electron chi connectivity index (χ4n) is 0.329. The van der Waals surface area contributed by atoms with Gasteiger partial charge in [0.1, 0.15) is 6.61 Å². The molecule has 0 rings (SSSR count). The third-order valence-electron chi connectivity index (χ3n) is 0.784. The van der Waals surface area contributed by atoms with E-state index < -0.39 is 0 Å². The Kier molecular flexibility index (Phi) is 2.57. The molecule has 0 unspecified atom stereocenters. The molecule has 0 aromatic carbocycles. The van der Waals surface area contributed by atoms with Crippen molar-refractivity contribution < 1.29 is 4.74 Å². The fraction of sp³-hybridized carbons (Fsp3) is 0.571. The number of methoxy groups -OCH3 is 1. The van der Waals surface area contributed by atoms with Gasteiger partial charge in [-0.25, -0.2) is 0 Å². The molecule has 0 aliphatic carbocycles. The van der Waals surface area contributed by atoms with Crippen molar-refractivity contribution >= 4 is 0 Å². The molecule has 0 N–H and O–H groups in total. The first-order valence-corrected chi connectivity index (χ1v) is 2.47. The van der Waals surface area contributed by atoms with Crippen molar-refractivity contribution in [2.75, 3.05) is 7.11 Å². The van der Waals surface area contributed by atoms with Crippen LogP contribution >= 0.6 is 0 Å². The summed E-state index contributed by atoms with van der Waals surface area (Å²) in [5.41, 5.74) is -0.227. The van der Waals surface area contributed by atoms with Crippen LogP contribution < -0.4 is 0 Å². The van der Waals surface area contributed by atoms with Gasteiger partial charge < -0.3 is 4.74 Å². The molecule has 0 spiro atoms. The summed E-state index contributed by atoms with van der Waals surface area (Å²) in [7, 11) is 1.60. The smallest absolute Gasteiger partial charge is 0.101 e. The second-order valence-electron chi connectivity index (χ2n) is 2.22. The lowest BCUT2D eigenvalue weighted by atomic mass is 9.97. The quantitative estimate of drug-likeness (QED) is 0.490. The first-order valence-electron chi connectivity index (χ1n) is 2.47. The van der Waals surface area contributed by atoms with Crippen molar-refractivity contribution in [2.24, 2.45) is 5.41 Å². The maximum Gasteiger partial charge on any atom is 0.101 e. The zero-order valence-corrected chi connectivity index (χ0v) is 5.56. The predicted octanol–water partition coefficient (Wildman–Crippen LogP) is 1.45. The Hall–Kier alpha value is -0.480. The number of hydrogen-bond acceptors (Lipinski definition) is 1. The normalized spacial score (nSPS) is 10.8. The summed E-state index contributed by atoms with van der Waals surface area (Å²) in [6.45, 7) is 5.46. The summed E-state index contributed by atoms with van der Waals surface area (Å²) in [5, 5.41) is 0. The minimum absolute atomic E-state index is 0.227. The van der Waals surface area contributed by atoms with Gasteiger partial charge in [0.25, 0.3) is 0 Å². The first-order chi connectivity index (χ1) is 3.62. The van der Waals surface area contributed by atoms with Crippen molar-refractivity contribution in [3.8, 4) is 12.3 Å². The van der Waals surface area contributed by atoms with E-state index in [1.807, 2.05) is 13.8 Å². The van der Waals surface area contributed by atoms with Gasteiger partial charge in [-0.2, -0.15) is 0 Å². The molecular weight excluding hydrogens is 100 g/mol. The van der Waals surface area contributed by atoms with Gasteiger partial charge in [-0.15, -0.1) is 6.42 Å². The second kappa shape index (κ2) is 2.74. The molecule has 0 saturated heterocycles. The lowest BCUT2D eigenvalue weighted by Crippen LogP contribution is -2.08. The average Bonchev–Trinajstić information content (AvgIpc) is 1.67. The standard InChI is InChI=1S/C7H11O/c1-5-7(2,3)6-8-4/h1,6H,2-4H3. The van der Waals surface area contributed by atoms with E-state index in [2.05, 4.69) is 5.92 Å². The zero-order chi connectivity index (χ0) is 6.62. The summed E-state index contributed by atoms with van der Waals surface area (Å²) in [5.74, 6) is 2.56. The van der Waals surface area contributed by atoms with Crippen molar-refractivity contribution in [1.29, 1.82) is 0 Å². The van der Waals surface area contributed by atoms with Crippen LogP contribution in [0.5, 0.6) is 0 Å². The van der Waals surface area contributed by atoms with Gasteiger partial charge >= 0.3 is 0 Å². The molecule has 45 valence electrons. The molecule has 1 nitrogen and oxygen atoms in total. The lowest BCUT2D eigenvalue weighted by molar-refractivity contribution is 0.214. The largest absolute Gasteiger partial charge is 0.377 e. The maximum atomic E-state index is 5.13. The van der Waals surface area contributed by atoms with Crippen LogP contribution in [0.4, 0.5) is 0 Å². The molecular formula is C7H11O. The van der Waals surface area contributed by atoms with E-state index in [4.69, 9.17) is 11.2 Å². The van der Waals surface area contributed by atoms with Gasteiger partial charge in [-0.05, 0) is 13.8 Å². The summed E-state index contributed by atoms with van der Waals surface area (Å²) in [6, 6.07) is 0. The number of terminal acetylenes is 1. The van der Waals surface area contributed by atoms with Gasteiger partial charge in [0.15, 0.2) is 0 Å².